The Kier molecular flexibility index (Phi) is 6.91. The summed E-state index contributed by atoms with van der Waals surface area (Å²) in [6, 6.07) is 21.7. The Morgan fingerprint density at radius 3 is 2.36 bits per heavy atom. The lowest BCUT2D eigenvalue weighted by atomic mass is 9.97. The molecule has 7 nitrogen and oxygen atoms in total. The summed E-state index contributed by atoms with van der Waals surface area (Å²) < 4.78 is 16.4. The first kappa shape index (κ1) is 23.9. The summed E-state index contributed by atoms with van der Waals surface area (Å²) in [5.41, 5.74) is 5.38. The van der Waals surface area contributed by atoms with Crippen LogP contribution >= 0.6 is 0 Å². The largest absolute Gasteiger partial charge is 0.497 e. The molecule has 36 heavy (non-hydrogen) atoms. The van der Waals surface area contributed by atoms with Crippen molar-refractivity contribution < 1.29 is 19.0 Å². The minimum Gasteiger partial charge on any atom is -0.497 e. The molecule has 7 heteroatoms. The molecule has 0 aromatic heterocycles. The highest BCUT2D eigenvalue weighted by Gasteiger charge is 2.36. The summed E-state index contributed by atoms with van der Waals surface area (Å²) >= 11 is 0. The lowest BCUT2D eigenvalue weighted by molar-refractivity contribution is -0.134. The third kappa shape index (κ3) is 4.79. The van der Waals surface area contributed by atoms with Gasteiger partial charge in [-0.25, -0.2) is 5.01 Å². The molecule has 0 aliphatic carbocycles. The van der Waals surface area contributed by atoms with Crippen LogP contribution in [0, 0.1) is 0 Å². The van der Waals surface area contributed by atoms with Crippen molar-refractivity contribution in [2.45, 2.75) is 25.4 Å². The number of carbonyl (C=O) groups is 1. The molecule has 1 amide bonds. The van der Waals surface area contributed by atoms with Crippen molar-refractivity contribution in [2.75, 3.05) is 34.4 Å². The van der Waals surface area contributed by atoms with Gasteiger partial charge in [0, 0.05) is 31.1 Å². The van der Waals surface area contributed by atoms with E-state index in [1.54, 1.807) is 26.3 Å². The Hall–Kier alpha value is -3.84. The van der Waals surface area contributed by atoms with Gasteiger partial charge in [0.2, 0.25) is 0 Å². The van der Waals surface area contributed by atoms with Crippen molar-refractivity contribution in [3.63, 3.8) is 0 Å². The van der Waals surface area contributed by atoms with E-state index in [0.717, 1.165) is 42.1 Å². The maximum Gasteiger partial charge on any atom is 0.257 e. The van der Waals surface area contributed by atoms with E-state index in [0.29, 0.717) is 24.5 Å². The van der Waals surface area contributed by atoms with E-state index in [1.807, 2.05) is 42.5 Å². The summed E-state index contributed by atoms with van der Waals surface area (Å²) in [5.74, 6) is 2.13. The second-order valence-corrected chi connectivity index (χ2v) is 9.07. The number of ether oxygens (including phenoxy) is 3. The molecule has 2 heterocycles. The predicted octanol–water partition coefficient (Wildman–Crippen LogP) is 4.45. The maximum absolute atomic E-state index is 13.7. The van der Waals surface area contributed by atoms with Crippen molar-refractivity contribution in [1.29, 1.82) is 0 Å². The van der Waals surface area contributed by atoms with Gasteiger partial charge in [0.1, 0.15) is 17.2 Å². The monoisotopic (exact) mass is 485 g/mol. The van der Waals surface area contributed by atoms with Crippen LogP contribution in [0.2, 0.25) is 0 Å². The van der Waals surface area contributed by atoms with Gasteiger partial charge < -0.3 is 14.2 Å². The van der Waals surface area contributed by atoms with Crippen molar-refractivity contribution in [1.82, 2.24) is 9.91 Å². The van der Waals surface area contributed by atoms with Gasteiger partial charge in [0.15, 0.2) is 0 Å². The molecule has 0 saturated heterocycles. The number of benzene rings is 3. The molecular weight excluding hydrogens is 454 g/mol. The van der Waals surface area contributed by atoms with Gasteiger partial charge in [-0.3, -0.25) is 9.69 Å². The maximum atomic E-state index is 13.7. The highest BCUT2D eigenvalue weighted by atomic mass is 16.5. The lowest BCUT2D eigenvalue weighted by Crippen LogP contribution is -2.40. The van der Waals surface area contributed by atoms with Gasteiger partial charge in [0.25, 0.3) is 5.91 Å². The number of amides is 1. The van der Waals surface area contributed by atoms with Crippen molar-refractivity contribution in [3.05, 3.63) is 89.0 Å². The van der Waals surface area contributed by atoms with E-state index in [9.17, 15) is 4.79 Å². The molecular formula is C29H31N3O4. The molecule has 0 spiro atoms. The number of hydrogen-bond acceptors (Lipinski definition) is 6. The summed E-state index contributed by atoms with van der Waals surface area (Å²) in [6.45, 7) is 1.92. The third-order valence-corrected chi connectivity index (χ3v) is 6.96. The number of nitrogens with zero attached hydrogens (tertiary/aromatic N) is 3. The Labute approximate surface area is 211 Å². The topological polar surface area (TPSA) is 63.6 Å². The molecule has 0 fully saturated rings. The zero-order valence-electron chi connectivity index (χ0n) is 20.9. The smallest absolute Gasteiger partial charge is 0.257 e. The molecule has 3 aromatic carbocycles. The predicted molar refractivity (Wildman–Crippen MR) is 139 cm³/mol. The fraction of sp³-hybridized carbons (Fsp3) is 0.310. The molecule has 1 atom stereocenters. The Morgan fingerprint density at radius 1 is 0.917 bits per heavy atom. The fourth-order valence-corrected chi connectivity index (χ4v) is 4.99. The molecule has 2 aliphatic rings. The molecule has 0 bridgehead atoms. The summed E-state index contributed by atoms with van der Waals surface area (Å²) in [5, 5.41) is 6.49. The molecule has 186 valence electrons. The molecule has 0 saturated carbocycles. The average molecular weight is 486 g/mol. The molecule has 0 radical (unpaired) electrons. The van der Waals surface area contributed by atoms with E-state index in [-0.39, 0.29) is 11.9 Å². The molecule has 0 unspecified atom stereocenters. The van der Waals surface area contributed by atoms with Gasteiger partial charge in [0.05, 0.1) is 39.6 Å². The van der Waals surface area contributed by atoms with E-state index in [4.69, 9.17) is 19.3 Å². The van der Waals surface area contributed by atoms with Crippen LogP contribution in [0.3, 0.4) is 0 Å². The zero-order valence-corrected chi connectivity index (χ0v) is 20.9. The van der Waals surface area contributed by atoms with E-state index < -0.39 is 0 Å². The third-order valence-electron chi connectivity index (χ3n) is 6.96. The standard InChI is InChI=1S/C29H31N3O4/c1-34-23-10-8-21(9-11-23)26-17-27(25-13-12-24(35-2)16-28(25)36-3)32(30-26)29(33)19-31-15-14-20-6-4-5-7-22(20)18-31/h4-13,16,27H,14-15,17-19H2,1-3H3/t27-/m0/s1. The van der Waals surface area contributed by atoms with Crippen LogP contribution in [-0.2, 0) is 17.8 Å². The number of fused-ring (bicyclic) bond motifs is 1. The first-order valence-electron chi connectivity index (χ1n) is 12.1. The highest BCUT2D eigenvalue weighted by Crippen LogP contribution is 2.39. The van der Waals surface area contributed by atoms with Gasteiger partial charge in [-0.15, -0.1) is 0 Å². The van der Waals surface area contributed by atoms with Gasteiger partial charge in [-0.05, 0) is 59.5 Å². The normalized spacial score (nSPS) is 17.4. The van der Waals surface area contributed by atoms with E-state index in [1.165, 1.54) is 11.1 Å². The number of hydrogen-bond donors (Lipinski definition) is 0. The zero-order chi connectivity index (χ0) is 25.1. The second-order valence-electron chi connectivity index (χ2n) is 9.07. The summed E-state index contributed by atoms with van der Waals surface area (Å²) in [6.07, 6.45) is 1.53. The summed E-state index contributed by atoms with van der Waals surface area (Å²) in [7, 11) is 4.91. The van der Waals surface area contributed by atoms with E-state index in [2.05, 4.69) is 29.2 Å². The minimum absolute atomic E-state index is 0.0271. The molecule has 0 N–H and O–H groups in total. The van der Waals surface area contributed by atoms with Gasteiger partial charge in [-0.1, -0.05) is 24.3 Å². The minimum atomic E-state index is -0.271. The quantitative estimate of drug-likeness (QED) is 0.495. The fourth-order valence-electron chi connectivity index (χ4n) is 4.99. The number of methoxy groups -OCH3 is 3. The number of hydrazone groups is 1. The number of rotatable bonds is 7. The van der Waals surface area contributed by atoms with Crippen LogP contribution in [0.25, 0.3) is 0 Å². The average Bonchev–Trinajstić information content (AvgIpc) is 3.38. The molecule has 3 aromatic rings. The lowest BCUT2D eigenvalue weighted by Gasteiger charge is -2.30. The van der Waals surface area contributed by atoms with Crippen molar-refractivity contribution in [3.8, 4) is 17.2 Å². The van der Waals surface area contributed by atoms with Crippen LogP contribution in [-0.4, -0.2) is 55.9 Å². The second kappa shape index (κ2) is 10.4. The van der Waals surface area contributed by atoms with Crippen LogP contribution in [0.5, 0.6) is 17.2 Å². The Bertz CT molecular complexity index is 1270. The van der Waals surface area contributed by atoms with Crippen molar-refractivity contribution in [2.24, 2.45) is 5.10 Å². The Balaban J connectivity index is 1.43. The van der Waals surface area contributed by atoms with Crippen molar-refractivity contribution >= 4 is 11.6 Å². The van der Waals surface area contributed by atoms with Gasteiger partial charge >= 0.3 is 0 Å². The van der Waals surface area contributed by atoms with Crippen LogP contribution < -0.4 is 14.2 Å². The van der Waals surface area contributed by atoms with Crippen LogP contribution in [0.1, 0.15) is 34.7 Å². The first-order valence-corrected chi connectivity index (χ1v) is 12.1. The van der Waals surface area contributed by atoms with Crippen LogP contribution in [0.4, 0.5) is 0 Å². The summed E-state index contributed by atoms with van der Waals surface area (Å²) in [4.78, 5) is 15.9. The van der Waals surface area contributed by atoms with E-state index >= 15 is 0 Å². The van der Waals surface area contributed by atoms with Crippen LogP contribution in [0.15, 0.2) is 71.8 Å². The highest BCUT2D eigenvalue weighted by molar-refractivity contribution is 6.03. The molecule has 5 rings (SSSR count). The Morgan fingerprint density at radius 2 is 1.64 bits per heavy atom. The SMILES string of the molecule is COc1ccc(C2=NN(C(=O)CN3CCc4ccccc4C3)[C@H](c3ccc(OC)cc3OC)C2)cc1. The van der Waals surface area contributed by atoms with Gasteiger partial charge in [-0.2, -0.15) is 5.10 Å². The molecule has 2 aliphatic heterocycles. The number of carbonyl (C=O) groups excluding carboxylic acids is 1. The first-order chi connectivity index (χ1) is 17.6.